The molecule has 0 saturated carbocycles. The van der Waals surface area contributed by atoms with Gasteiger partial charge < -0.3 is 0 Å². The van der Waals surface area contributed by atoms with Crippen LogP contribution in [0.5, 0.6) is 0 Å². The maximum absolute atomic E-state index is 2.44. The van der Waals surface area contributed by atoms with E-state index in [1.165, 1.54) is 23.4 Å². The van der Waals surface area contributed by atoms with Crippen molar-refractivity contribution >= 4 is 55.8 Å². The van der Waals surface area contributed by atoms with Gasteiger partial charge in [-0.25, -0.2) is 0 Å². The molecule has 0 nitrogen and oxygen atoms in total. The van der Waals surface area contributed by atoms with Crippen LogP contribution in [0.2, 0.25) is 0 Å². The highest BCUT2D eigenvalue weighted by molar-refractivity contribution is 14.1. The summed E-state index contributed by atoms with van der Waals surface area (Å²) in [6, 6.07) is 6.64. The van der Waals surface area contributed by atoms with Gasteiger partial charge >= 0.3 is 0 Å². The molecule has 2 aromatic rings. The Morgan fingerprint density at radius 1 is 1.43 bits per heavy atom. The number of benzene rings is 1. The third-order valence-corrected chi connectivity index (χ3v) is 5.89. The van der Waals surface area contributed by atoms with Gasteiger partial charge in [-0.15, -0.1) is 23.1 Å². The number of hydrogen-bond acceptors (Lipinski definition) is 2. The highest BCUT2D eigenvalue weighted by Gasteiger charge is 2.10. The molecule has 0 spiro atoms. The Hall–Kier alpha value is 0.260. The number of fused-ring (bicyclic) bond motifs is 1. The van der Waals surface area contributed by atoms with Crippen LogP contribution >= 0.6 is 45.7 Å². The number of hydrogen-bond donors (Lipinski definition) is 0. The van der Waals surface area contributed by atoms with E-state index in [1.54, 1.807) is 0 Å². The molecule has 3 heteroatoms. The molecule has 0 unspecified atom stereocenters. The zero-order valence-electron chi connectivity index (χ0n) is 8.13. The lowest BCUT2D eigenvalue weighted by Gasteiger charge is -1.98. The van der Waals surface area contributed by atoms with Crippen LogP contribution in [0.3, 0.4) is 0 Å². The molecule has 0 N–H and O–H groups in total. The van der Waals surface area contributed by atoms with Crippen molar-refractivity contribution in [1.82, 2.24) is 0 Å². The topological polar surface area (TPSA) is 0 Å². The second-order valence-corrected chi connectivity index (χ2v) is 6.70. The molecule has 1 heterocycles. The minimum Gasteiger partial charge on any atom is -0.128 e. The smallest absolute Gasteiger partial charge is 0.0801 e. The van der Waals surface area contributed by atoms with Gasteiger partial charge in [0.15, 0.2) is 0 Å². The van der Waals surface area contributed by atoms with Gasteiger partial charge in [0.05, 0.1) is 2.88 Å². The molecular weight excluding hydrogens is 323 g/mol. The number of thiophene rings is 1. The quantitative estimate of drug-likeness (QED) is 0.562. The molecule has 74 valence electrons. The Balaban J connectivity index is 2.79. The van der Waals surface area contributed by atoms with Crippen LogP contribution in [0.15, 0.2) is 23.1 Å². The van der Waals surface area contributed by atoms with Gasteiger partial charge in [-0.05, 0) is 40.8 Å². The highest BCUT2D eigenvalue weighted by Crippen LogP contribution is 2.39. The summed E-state index contributed by atoms with van der Waals surface area (Å²) in [5, 5.41) is 1.44. The fraction of sp³-hybridized carbons (Fsp3) is 0.273. The van der Waals surface area contributed by atoms with Gasteiger partial charge in [0.2, 0.25) is 0 Å². The first-order valence-electron chi connectivity index (χ1n) is 4.51. The van der Waals surface area contributed by atoms with E-state index in [0.29, 0.717) is 0 Å². The molecule has 14 heavy (non-hydrogen) atoms. The van der Waals surface area contributed by atoms with E-state index in [1.807, 2.05) is 23.1 Å². The van der Waals surface area contributed by atoms with E-state index in [9.17, 15) is 0 Å². The van der Waals surface area contributed by atoms with E-state index in [-0.39, 0.29) is 0 Å². The zero-order valence-corrected chi connectivity index (χ0v) is 11.9. The normalized spacial score (nSPS) is 11.1. The van der Waals surface area contributed by atoms with E-state index >= 15 is 0 Å². The lowest BCUT2D eigenvalue weighted by molar-refractivity contribution is 1.16. The van der Waals surface area contributed by atoms with E-state index in [0.717, 1.165) is 6.42 Å². The summed E-state index contributed by atoms with van der Waals surface area (Å²) in [7, 11) is 0. The van der Waals surface area contributed by atoms with Crippen LogP contribution in [0.1, 0.15) is 12.5 Å². The van der Waals surface area contributed by atoms with Gasteiger partial charge in [-0.1, -0.05) is 25.1 Å². The van der Waals surface area contributed by atoms with Crippen molar-refractivity contribution in [1.29, 1.82) is 0 Å². The number of thioether (sulfide) groups is 1. The summed E-state index contributed by atoms with van der Waals surface area (Å²) in [5.41, 5.74) is 1.48. The van der Waals surface area contributed by atoms with Crippen molar-refractivity contribution in [2.75, 3.05) is 6.26 Å². The van der Waals surface area contributed by atoms with Gasteiger partial charge in [-0.2, -0.15) is 0 Å². The fourth-order valence-electron chi connectivity index (χ4n) is 1.59. The molecule has 0 saturated heterocycles. The number of rotatable bonds is 2. The monoisotopic (exact) mass is 334 g/mol. The SMILES string of the molecule is CCc1cccc2c(SC)c(I)sc12. The Bertz CT molecular complexity index is 460. The predicted octanol–water partition coefficient (Wildman–Crippen LogP) is 4.79. The summed E-state index contributed by atoms with van der Waals surface area (Å²) in [4.78, 5) is 1.45. The van der Waals surface area contributed by atoms with Crippen LogP contribution in [0.4, 0.5) is 0 Å². The third kappa shape index (κ3) is 1.70. The van der Waals surface area contributed by atoms with Crippen LogP contribution in [0.25, 0.3) is 10.1 Å². The van der Waals surface area contributed by atoms with E-state index < -0.39 is 0 Å². The zero-order chi connectivity index (χ0) is 10.1. The molecule has 0 radical (unpaired) electrons. The van der Waals surface area contributed by atoms with Gasteiger partial charge in [0, 0.05) is 15.0 Å². The Kier molecular flexibility index (Phi) is 3.39. The Morgan fingerprint density at radius 2 is 2.21 bits per heavy atom. The molecule has 2 rings (SSSR count). The van der Waals surface area contributed by atoms with Gasteiger partial charge in [0.25, 0.3) is 0 Å². The van der Waals surface area contributed by atoms with Crippen LogP contribution in [0, 0.1) is 2.88 Å². The molecule has 0 bridgehead atoms. The summed E-state index contributed by atoms with van der Waals surface area (Å²) in [5.74, 6) is 0. The van der Waals surface area contributed by atoms with Crippen LogP contribution in [-0.4, -0.2) is 6.26 Å². The minimum absolute atomic E-state index is 1.13. The van der Waals surface area contributed by atoms with Crippen molar-refractivity contribution < 1.29 is 0 Å². The van der Waals surface area contributed by atoms with E-state index in [2.05, 4.69) is 54.0 Å². The number of halogens is 1. The lowest BCUT2D eigenvalue weighted by atomic mass is 10.1. The molecule has 1 aromatic carbocycles. The van der Waals surface area contributed by atoms with Crippen LogP contribution < -0.4 is 0 Å². The second-order valence-electron chi connectivity index (χ2n) is 3.06. The third-order valence-electron chi connectivity index (χ3n) is 2.30. The molecule has 0 aliphatic carbocycles. The van der Waals surface area contributed by atoms with Crippen molar-refractivity contribution in [3.8, 4) is 0 Å². The van der Waals surface area contributed by atoms with Crippen molar-refractivity contribution in [2.24, 2.45) is 0 Å². The maximum Gasteiger partial charge on any atom is 0.0801 e. The van der Waals surface area contributed by atoms with Crippen LogP contribution in [-0.2, 0) is 6.42 Å². The first-order valence-corrected chi connectivity index (χ1v) is 7.63. The lowest BCUT2D eigenvalue weighted by Crippen LogP contribution is -1.78. The molecule has 0 amide bonds. The predicted molar refractivity (Wildman–Crippen MR) is 75.7 cm³/mol. The molecule has 0 atom stereocenters. The molecule has 0 fully saturated rings. The summed E-state index contributed by atoms with van der Waals surface area (Å²) in [6.45, 7) is 2.22. The van der Waals surface area contributed by atoms with Crippen molar-refractivity contribution in [3.05, 3.63) is 26.6 Å². The van der Waals surface area contributed by atoms with Gasteiger partial charge in [-0.3, -0.25) is 0 Å². The molecule has 1 aromatic heterocycles. The molecule has 0 aliphatic heterocycles. The summed E-state index contributed by atoms with van der Waals surface area (Å²) >= 11 is 6.22. The average Bonchev–Trinajstić information content (AvgIpc) is 2.52. The standard InChI is InChI=1S/C11H11IS2/c1-3-7-5-4-6-8-9(7)14-11(12)10(8)13-2/h4-6H,3H2,1-2H3. The first kappa shape index (κ1) is 10.8. The second kappa shape index (κ2) is 4.41. The average molecular weight is 334 g/mol. The number of aryl methyl sites for hydroxylation is 1. The molecule has 0 aliphatic rings. The van der Waals surface area contributed by atoms with Gasteiger partial charge in [0.1, 0.15) is 0 Å². The van der Waals surface area contributed by atoms with Crippen molar-refractivity contribution in [2.45, 2.75) is 18.2 Å². The Morgan fingerprint density at radius 3 is 2.86 bits per heavy atom. The first-order chi connectivity index (χ1) is 6.77. The Labute approximate surface area is 106 Å². The van der Waals surface area contributed by atoms with E-state index in [4.69, 9.17) is 0 Å². The summed E-state index contributed by atoms with van der Waals surface area (Å²) in [6.07, 6.45) is 3.28. The largest absolute Gasteiger partial charge is 0.128 e. The maximum atomic E-state index is 2.44. The van der Waals surface area contributed by atoms with Crippen molar-refractivity contribution in [3.63, 3.8) is 0 Å². The minimum atomic E-state index is 1.13. The summed E-state index contributed by atoms with van der Waals surface area (Å²) < 4.78 is 2.90. The molecular formula is C11H11IS2. The fourth-order valence-corrected chi connectivity index (χ4v) is 5.20. The highest BCUT2D eigenvalue weighted by atomic mass is 127.